The van der Waals surface area contributed by atoms with Crippen molar-refractivity contribution in [1.29, 1.82) is 0 Å². The molecule has 5 atom stereocenters. The number of aliphatic hydroxyl groups excluding tert-OH is 2. The highest BCUT2D eigenvalue weighted by Gasteiger charge is 2.47. The molecular formula is C25H28O9. The molecule has 182 valence electrons. The largest absolute Gasteiger partial charge is 0.504 e. The maximum atomic E-state index is 13.2. The van der Waals surface area contributed by atoms with Gasteiger partial charge >= 0.3 is 11.9 Å². The predicted molar refractivity (Wildman–Crippen MR) is 121 cm³/mol. The zero-order valence-corrected chi connectivity index (χ0v) is 19.1. The predicted octanol–water partition coefficient (Wildman–Crippen LogP) is 1.97. The van der Waals surface area contributed by atoms with Gasteiger partial charge in [0.1, 0.15) is 6.10 Å². The van der Waals surface area contributed by atoms with Gasteiger partial charge in [-0.05, 0) is 36.3 Å². The Bertz CT molecular complexity index is 1030. The van der Waals surface area contributed by atoms with E-state index in [4.69, 9.17) is 18.9 Å². The summed E-state index contributed by atoms with van der Waals surface area (Å²) < 4.78 is 21.1. The first-order valence-electron chi connectivity index (χ1n) is 10.7. The molecule has 1 fully saturated rings. The van der Waals surface area contributed by atoms with E-state index in [0.29, 0.717) is 5.56 Å². The van der Waals surface area contributed by atoms with Crippen LogP contribution < -0.4 is 4.74 Å². The van der Waals surface area contributed by atoms with Crippen molar-refractivity contribution in [1.82, 2.24) is 0 Å². The molecule has 0 aliphatic carbocycles. The van der Waals surface area contributed by atoms with Crippen LogP contribution in [0.1, 0.15) is 25.0 Å². The number of benzene rings is 2. The van der Waals surface area contributed by atoms with Gasteiger partial charge in [0.2, 0.25) is 0 Å². The van der Waals surface area contributed by atoms with Crippen molar-refractivity contribution >= 4 is 18.0 Å². The average Bonchev–Trinajstić information content (AvgIpc) is 2.80. The van der Waals surface area contributed by atoms with E-state index in [1.54, 1.807) is 18.2 Å². The quantitative estimate of drug-likeness (QED) is 0.409. The maximum Gasteiger partial charge on any atom is 0.334 e. The molecule has 5 unspecified atom stereocenters. The van der Waals surface area contributed by atoms with Gasteiger partial charge in [-0.1, -0.05) is 36.4 Å². The van der Waals surface area contributed by atoms with E-state index in [-0.39, 0.29) is 23.5 Å². The minimum atomic E-state index is -1.61. The minimum Gasteiger partial charge on any atom is -0.504 e. The van der Waals surface area contributed by atoms with E-state index in [0.717, 1.165) is 12.5 Å². The van der Waals surface area contributed by atoms with Crippen LogP contribution in [0.4, 0.5) is 0 Å². The highest BCUT2D eigenvalue weighted by molar-refractivity contribution is 5.94. The zero-order chi connectivity index (χ0) is 24.8. The molecule has 9 nitrogen and oxygen atoms in total. The van der Waals surface area contributed by atoms with Crippen molar-refractivity contribution in [2.24, 2.45) is 0 Å². The van der Waals surface area contributed by atoms with Gasteiger partial charge in [-0.2, -0.15) is 0 Å². The smallest absolute Gasteiger partial charge is 0.334 e. The normalized spacial score (nSPS) is 24.9. The summed E-state index contributed by atoms with van der Waals surface area (Å²) in [5.41, 5.74) is 1.59. The van der Waals surface area contributed by atoms with E-state index >= 15 is 0 Å². The Morgan fingerprint density at radius 3 is 2.41 bits per heavy atom. The first-order chi connectivity index (χ1) is 16.2. The second-order valence-corrected chi connectivity index (χ2v) is 7.93. The summed E-state index contributed by atoms with van der Waals surface area (Å²) in [5, 5.41) is 30.7. The Morgan fingerprint density at radius 1 is 1.06 bits per heavy atom. The van der Waals surface area contributed by atoms with Gasteiger partial charge in [-0.15, -0.1) is 0 Å². The van der Waals surface area contributed by atoms with Gasteiger partial charge in [0, 0.05) is 18.9 Å². The minimum absolute atomic E-state index is 0.0540. The van der Waals surface area contributed by atoms with Crippen LogP contribution in [0.2, 0.25) is 0 Å². The third-order valence-electron chi connectivity index (χ3n) is 5.37. The standard InChI is InChI=1S/C25H28O9/c1-14-21(28)22(33-15(2)26)23(25(30)32-14)34-24(29)18(11-16-7-5-4-6-8-16)12-17-9-10-19(27)20(13-17)31-3/h4-10,12-14,21-23,25,27-28,30H,11H2,1-3H3. The summed E-state index contributed by atoms with van der Waals surface area (Å²) >= 11 is 0. The molecule has 0 aromatic heterocycles. The van der Waals surface area contributed by atoms with Crippen molar-refractivity contribution < 1.29 is 43.9 Å². The summed E-state index contributed by atoms with van der Waals surface area (Å²) in [6.45, 7) is 2.65. The Labute approximate surface area is 197 Å². The first-order valence-corrected chi connectivity index (χ1v) is 10.7. The number of phenols is 1. The fourth-order valence-corrected chi connectivity index (χ4v) is 3.64. The lowest BCUT2D eigenvalue weighted by atomic mass is 9.98. The van der Waals surface area contributed by atoms with Crippen molar-refractivity contribution in [2.75, 3.05) is 7.11 Å². The van der Waals surface area contributed by atoms with Gasteiger partial charge in [0.05, 0.1) is 13.2 Å². The van der Waals surface area contributed by atoms with Crippen LogP contribution >= 0.6 is 0 Å². The van der Waals surface area contributed by atoms with Gasteiger partial charge < -0.3 is 34.3 Å². The summed E-state index contributed by atoms with van der Waals surface area (Å²) in [4.78, 5) is 24.8. The lowest BCUT2D eigenvalue weighted by Gasteiger charge is -2.40. The molecule has 1 saturated heterocycles. The maximum absolute atomic E-state index is 13.2. The summed E-state index contributed by atoms with van der Waals surface area (Å²) in [6, 6.07) is 13.8. The third kappa shape index (κ3) is 6.13. The van der Waals surface area contributed by atoms with Crippen molar-refractivity contribution in [3.8, 4) is 11.5 Å². The molecule has 0 amide bonds. The number of carbonyl (C=O) groups excluding carboxylic acids is 2. The van der Waals surface area contributed by atoms with Crippen molar-refractivity contribution in [3.63, 3.8) is 0 Å². The molecule has 0 spiro atoms. The average molecular weight is 472 g/mol. The summed E-state index contributed by atoms with van der Waals surface area (Å²) in [7, 11) is 1.41. The van der Waals surface area contributed by atoms with E-state index in [9.17, 15) is 24.9 Å². The number of methoxy groups -OCH3 is 1. The van der Waals surface area contributed by atoms with Crippen LogP contribution in [0.15, 0.2) is 54.1 Å². The first kappa shape index (κ1) is 25.2. The highest BCUT2D eigenvalue weighted by Crippen LogP contribution is 2.29. The Balaban J connectivity index is 1.93. The van der Waals surface area contributed by atoms with E-state index in [2.05, 4.69) is 0 Å². The summed E-state index contributed by atoms with van der Waals surface area (Å²) in [6.07, 6.45) is -4.79. The molecule has 2 aromatic rings. The fourth-order valence-electron chi connectivity index (χ4n) is 3.64. The number of rotatable bonds is 7. The molecule has 1 heterocycles. The second kappa shape index (κ2) is 11.1. The third-order valence-corrected chi connectivity index (χ3v) is 5.37. The SMILES string of the molecule is COc1cc(C=C(Cc2ccccc2)C(=O)OC2C(O)OC(C)C(O)C2OC(C)=O)ccc1O. The molecule has 1 aliphatic heterocycles. The van der Waals surface area contributed by atoms with Crippen LogP contribution in [0.25, 0.3) is 6.08 Å². The van der Waals surface area contributed by atoms with Crippen LogP contribution in [-0.4, -0.2) is 65.1 Å². The molecule has 3 N–H and O–H groups in total. The molecular weight excluding hydrogens is 444 g/mol. The highest BCUT2D eigenvalue weighted by atomic mass is 16.7. The number of hydrogen-bond acceptors (Lipinski definition) is 9. The number of phenolic OH excluding ortho intramolecular Hbond substituents is 1. The topological polar surface area (TPSA) is 132 Å². The van der Waals surface area contributed by atoms with Gasteiger partial charge in [-0.3, -0.25) is 4.79 Å². The van der Waals surface area contributed by atoms with Gasteiger partial charge in [0.15, 0.2) is 30.0 Å². The lowest BCUT2D eigenvalue weighted by Crippen LogP contribution is -2.59. The molecule has 9 heteroatoms. The molecule has 3 rings (SSSR count). The Morgan fingerprint density at radius 2 is 1.76 bits per heavy atom. The van der Waals surface area contributed by atoms with Crippen LogP contribution in [-0.2, 0) is 30.2 Å². The number of hydrogen-bond donors (Lipinski definition) is 3. The number of ether oxygens (including phenoxy) is 4. The molecule has 0 radical (unpaired) electrons. The molecule has 0 bridgehead atoms. The Hall–Kier alpha value is -3.40. The number of esters is 2. The second-order valence-electron chi connectivity index (χ2n) is 7.93. The number of aliphatic hydroxyl groups is 2. The van der Waals surface area contributed by atoms with E-state index in [1.165, 1.54) is 20.1 Å². The fraction of sp³-hybridized carbons (Fsp3) is 0.360. The van der Waals surface area contributed by atoms with Crippen LogP contribution in [0.3, 0.4) is 0 Å². The summed E-state index contributed by atoms with van der Waals surface area (Å²) in [5.74, 6) is -1.34. The molecule has 1 aliphatic rings. The monoisotopic (exact) mass is 472 g/mol. The van der Waals surface area contributed by atoms with Gasteiger partial charge in [-0.25, -0.2) is 4.79 Å². The van der Waals surface area contributed by atoms with Crippen molar-refractivity contribution in [2.45, 2.75) is 51.0 Å². The van der Waals surface area contributed by atoms with Crippen LogP contribution in [0, 0.1) is 0 Å². The number of carbonyl (C=O) groups is 2. The molecule has 34 heavy (non-hydrogen) atoms. The zero-order valence-electron chi connectivity index (χ0n) is 19.1. The molecule has 0 saturated carbocycles. The Kier molecular flexibility index (Phi) is 8.27. The number of aromatic hydroxyl groups is 1. The van der Waals surface area contributed by atoms with E-state index in [1.807, 2.05) is 30.3 Å². The molecule has 2 aromatic carbocycles. The van der Waals surface area contributed by atoms with E-state index < -0.39 is 42.6 Å². The lowest BCUT2D eigenvalue weighted by molar-refractivity contribution is -0.284. The van der Waals surface area contributed by atoms with Gasteiger partial charge in [0.25, 0.3) is 0 Å². The van der Waals surface area contributed by atoms with Crippen LogP contribution in [0.5, 0.6) is 11.5 Å². The van der Waals surface area contributed by atoms with Crippen molar-refractivity contribution in [3.05, 3.63) is 65.2 Å².